The Morgan fingerprint density at radius 3 is 2.60 bits per heavy atom. The van der Waals surface area contributed by atoms with Crippen molar-refractivity contribution >= 4 is 41.2 Å². The highest BCUT2D eigenvalue weighted by Crippen LogP contribution is 2.19. The van der Waals surface area contributed by atoms with Gasteiger partial charge >= 0.3 is 0 Å². The number of hydrogen-bond donors (Lipinski definition) is 2. The number of aryl methyl sites for hydroxylation is 1. The van der Waals surface area contributed by atoms with E-state index in [-0.39, 0.29) is 30.3 Å². The number of likely N-dealkylation sites (tertiary alicyclic amines) is 1. The van der Waals surface area contributed by atoms with E-state index in [4.69, 9.17) is 5.73 Å². The Labute approximate surface area is 157 Å². The molecule has 5 nitrogen and oxygen atoms in total. The number of carbonyl (C=O) groups excluding carboxylic acids is 2. The maximum absolute atomic E-state index is 12.7. The van der Waals surface area contributed by atoms with Crippen LogP contribution < -0.4 is 11.1 Å². The van der Waals surface area contributed by atoms with Crippen LogP contribution in [0, 0.1) is 6.92 Å². The third kappa shape index (κ3) is 4.52. The molecule has 1 aromatic heterocycles. The quantitative estimate of drug-likeness (QED) is 0.804. The number of rotatable bonds is 3. The Morgan fingerprint density at radius 1 is 1.24 bits per heavy atom. The summed E-state index contributed by atoms with van der Waals surface area (Å²) < 4.78 is 0. The Bertz CT molecular complexity index is 741. The number of carbonyl (C=O) groups is 2. The molecule has 0 saturated carbocycles. The van der Waals surface area contributed by atoms with Crippen molar-refractivity contribution in [2.75, 3.05) is 18.8 Å². The van der Waals surface area contributed by atoms with Gasteiger partial charge in [0, 0.05) is 41.3 Å². The summed E-state index contributed by atoms with van der Waals surface area (Å²) in [7, 11) is 0. The number of anilines is 1. The average Bonchev–Trinajstić information content (AvgIpc) is 3.12. The first-order valence-electron chi connectivity index (χ1n) is 8.03. The SMILES string of the molecule is Cc1ccc(N)cc1C(=O)N1CCC(NC(=O)c2ccsc2)CC1.Cl. The second kappa shape index (κ2) is 8.36. The van der Waals surface area contributed by atoms with Crippen molar-refractivity contribution in [1.29, 1.82) is 0 Å². The molecule has 1 aliphatic rings. The van der Waals surface area contributed by atoms with E-state index >= 15 is 0 Å². The van der Waals surface area contributed by atoms with Crippen molar-refractivity contribution in [3.63, 3.8) is 0 Å². The Hall–Kier alpha value is -2.05. The number of amides is 2. The number of nitrogens with one attached hydrogen (secondary N) is 1. The van der Waals surface area contributed by atoms with Gasteiger partial charge in [-0.3, -0.25) is 9.59 Å². The fraction of sp³-hybridized carbons (Fsp3) is 0.333. The summed E-state index contributed by atoms with van der Waals surface area (Å²) in [6.45, 7) is 3.20. The minimum absolute atomic E-state index is 0. The largest absolute Gasteiger partial charge is 0.399 e. The predicted molar refractivity (Wildman–Crippen MR) is 104 cm³/mol. The first-order chi connectivity index (χ1) is 11.5. The number of piperidine rings is 1. The fourth-order valence-electron chi connectivity index (χ4n) is 2.93. The van der Waals surface area contributed by atoms with E-state index in [0.29, 0.717) is 29.9 Å². The molecule has 0 radical (unpaired) electrons. The van der Waals surface area contributed by atoms with E-state index in [0.717, 1.165) is 18.4 Å². The summed E-state index contributed by atoms with van der Waals surface area (Å²) in [5.74, 6) is -0.0184. The van der Waals surface area contributed by atoms with Gasteiger partial charge in [0.15, 0.2) is 0 Å². The minimum atomic E-state index is -0.0345. The average molecular weight is 380 g/mol. The molecular formula is C18H22ClN3O2S. The molecule has 0 bridgehead atoms. The zero-order valence-electron chi connectivity index (χ0n) is 14.0. The van der Waals surface area contributed by atoms with Crippen LogP contribution in [0.25, 0.3) is 0 Å². The van der Waals surface area contributed by atoms with Gasteiger partial charge in [-0.25, -0.2) is 0 Å². The lowest BCUT2D eigenvalue weighted by molar-refractivity contribution is 0.0697. The van der Waals surface area contributed by atoms with Crippen molar-refractivity contribution in [2.24, 2.45) is 0 Å². The molecule has 2 aromatic rings. The van der Waals surface area contributed by atoms with E-state index in [9.17, 15) is 9.59 Å². The molecule has 2 amide bonds. The first kappa shape index (κ1) is 19.3. The molecule has 134 valence electrons. The lowest BCUT2D eigenvalue weighted by Gasteiger charge is -2.32. The van der Waals surface area contributed by atoms with Crippen LogP contribution in [-0.2, 0) is 0 Å². The molecule has 3 rings (SSSR count). The molecule has 0 aliphatic carbocycles. The molecule has 2 heterocycles. The standard InChI is InChI=1S/C18H21N3O2S.ClH/c1-12-2-3-14(19)10-16(12)18(23)21-7-4-15(5-8-21)20-17(22)13-6-9-24-11-13;/h2-3,6,9-11,15H,4-5,7-8,19H2,1H3,(H,20,22);1H. The molecule has 1 fully saturated rings. The zero-order chi connectivity index (χ0) is 17.1. The van der Waals surface area contributed by atoms with Crippen molar-refractivity contribution in [3.05, 3.63) is 51.7 Å². The number of halogens is 1. The van der Waals surface area contributed by atoms with Crippen molar-refractivity contribution in [2.45, 2.75) is 25.8 Å². The molecule has 0 unspecified atom stereocenters. The zero-order valence-corrected chi connectivity index (χ0v) is 15.7. The molecule has 1 aromatic carbocycles. The van der Waals surface area contributed by atoms with Crippen LogP contribution in [0.4, 0.5) is 5.69 Å². The molecular weight excluding hydrogens is 358 g/mol. The van der Waals surface area contributed by atoms with Crippen molar-refractivity contribution in [1.82, 2.24) is 10.2 Å². The molecule has 1 saturated heterocycles. The molecule has 25 heavy (non-hydrogen) atoms. The second-order valence-corrected chi connectivity index (χ2v) is 6.91. The van der Waals surface area contributed by atoms with Gasteiger partial charge in [-0.1, -0.05) is 6.07 Å². The maximum atomic E-state index is 12.7. The van der Waals surface area contributed by atoms with Crippen LogP contribution in [0.1, 0.15) is 39.1 Å². The molecule has 1 aliphatic heterocycles. The van der Waals surface area contributed by atoms with E-state index in [1.54, 1.807) is 12.1 Å². The summed E-state index contributed by atoms with van der Waals surface area (Å²) >= 11 is 1.51. The third-order valence-corrected chi connectivity index (χ3v) is 5.08. The summed E-state index contributed by atoms with van der Waals surface area (Å²) in [5.41, 5.74) is 8.70. The monoisotopic (exact) mass is 379 g/mol. The third-order valence-electron chi connectivity index (χ3n) is 4.39. The molecule has 3 N–H and O–H groups in total. The summed E-state index contributed by atoms with van der Waals surface area (Å²) in [4.78, 5) is 26.6. The smallest absolute Gasteiger partial charge is 0.254 e. The summed E-state index contributed by atoms with van der Waals surface area (Å²) in [6.07, 6.45) is 1.53. The predicted octanol–water partition coefficient (Wildman–Crippen LogP) is 3.10. The van der Waals surface area contributed by atoms with Crippen molar-refractivity contribution in [3.8, 4) is 0 Å². The Balaban J connectivity index is 0.00000225. The van der Waals surface area contributed by atoms with Gasteiger partial charge in [0.05, 0.1) is 0 Å². The number of hydrogen-bond acceptors (Lipinski definition) is 4. The van der Waals surface area contributed by atoms with Crippen LogP contribution in [0.2, 0.25) is 0 Å². The normalized spacial score (nSPS) is 14.7. The second-order valence-electron chi connectivity index (χ2n) is 6.13. The Morgan fingerprint density at radius 2 is 1.96 bits per heavy atom. The number of benzene rings is 1. The van der Waals surface area contributed by atoms with Crippen LogP contribution >= 0.6 is 23.7 Å². The van der Waals surface area contributed by atoms with E-state index in [1.807, 2.05) is 34.7 Å². The minimum Gasteiger partial charge on any atom is -0.399 e. The van der Waals surface area contributed by atoms with Crippen LogP contribution in [0.5, 0.6) is 0 Å². The van der Waals surface area contributed by atoms with E-state index < -0.39 is 0 Å². The highest BCUT2D eigenvalue weighted by atomic mass is 35.5. The topological polar surface area (TPSA) is 75.4 Å². The number of nitrogens with two attached hydrogens (primary N) is 1. The van der Waals surface area contributed by atoms with Crippen LogP contribution in [-0.4, -0.2) is 35.8 Å². The summed E-state index contributed by atoms with van der Waals surface area (Å²) in [6, 6.07) is 7.35. The van der Waals surface area contributed by atoms with Crippen LogP contribution in [0.15, 0.2) is 35.0 Å². The number of nitrogens with zero attached hydrogens (tertiary/aromatic N) is 1. The van der Waals surface area contributed by atoms with Gasteiger partial charge in [-0.15, -0.1) is 12.4 Å². The number of nitrogen functional groups attached to an aromatic ring is 1. The molecule has 0 atom stereocenters. The maximum Gasteiger partial charge on any atom is 0.254 e. The van der Waals surface area contributed by atoms with Gasteiger partial charge in [0.2, 0.25) is 0 Å². The highest BCUT2D eigenvalue weighted by Gasteiger charge is 2.25. The lowest BCUT2D eigenvalue weighted by Crippen LogP contribution is -2.46. The fourth-order valence-corrected chi connectivity index (χ4v) is 3.57. The first-order valence-corrected chi connectivity index (χ1v) is 8.97. The number of thiophene rings is 1. The van der Waals surface area contributed by atoms with E-state index in [2.05, 4.69) is 5.32 Å². The van der Waals surface area contributed by atoms with Crippen molar-refractivity contribution < 1.29 is 9.59 Å². The Kier molecular flexibility index (Phi) is 6.45. The van der Waals surface area contributed by atoms with Gasteiger partial charge in [-0.05, 0) is 48.9 Å². The highest BCUT2D eigenvalue weighted by molar-refractivity contribution is 7.08. The van der Waals surface area contributed by atoms with Gasteiger partial charge < -0.3 is 16.0 Å². The molecule has 7 heteroatoms. The summed E-state index contributed by atoms with van der Waals surface area (Å²) in [5, 5.41) is 6.79. The lowest BCUT2D eigenvalue weighted by atomic mass is 10.0. The van der Waals surface area contributed by atoms with Crippen LogP contribution in [0.3, 0.4) is 0 Å². The van der Waals surface area contributed by atoms with Gasteiger partial charge in [0.1, 0.15) is 0 Å². The molecule has 0 spiro atoms. The van der Waals surface area contributed by atoms with Gasteiger partial charge in [0.25, 0.3) is 11.8 Å². The van der Waals surface area contributed by atoms with Gasteiger partial charge in [-0.2, -0.15) is 11.3 Å². The van der Waals surface area contributed by atoms with E-state index in [1.165, 1.54) is 11.3 Å².